The molecular formula is C14H25N3O. The summed E-state index contributed by atoms with van der Waals surface area (Å²) < 4.78 is 0. The van der Waals surface area contributed by atoms with Gasteiger partial charge in [0.05, 0.1) is 0 Å². The van der Waals surface area contributed by atoms with E-state index in [1.54, 1.807) is 0 Å². The zero-order valence-corrected chi connectivity index (χ0v) is 11.4. The van der Waals surface area contributed by atoms with Crippen LogP contribution in [0.2, 0.25) is 0 Å². The van der Waals surface area contributed by atoms with Crippen LogP contribution in [0.3, 0.4) is 0 Å². The van der Waals surface area contributed by atoms with Crippen LogP contribution in [0.1, 0.15) is 39.0 Å². The van der Waals surface area contributed by atoms with E-state index >= 15 is 0 Å². The Hall–Kier alpha value is -0.610. The number of nitrogens with zero attached hydrogens (tertiary/aromatic N) is 2. The van der Waals surface area contributed by atoms with Gasteiger partial charge >= 0.3 is 0 Å². The summed E-state index contributed by atoms with van der Waals surface area (Å²) >= 11 is 0. The Balaban J connectivity index is 1.73. The highest BCUT2D eigenvalue weighted by Crippen LogP contribution is 2.33. The summed E-state index contributed by atoms with van der Waals surface area (Å²) in [6.45, 7) is 6.59. The molecule has 0 saturated carbocycles. The maximum atomic E-state index is 12.1. The molecule has 1 N–H and O–H groups in total. The quantitative estimate of drug-likeness (QED) is 0.807. The van der Waals surface area contributed by atoms with Gasteiger partial charge in [-0.1, -0.05) is 6.92 Å². The Morgan fingerprint density at radius 1 is 1.39 bits per heavy atom. The largest absolute Gasteiger partial charge is 0.338 e. The van der Waals surface area contributed by atoms with E-state index in [1.807, 2.05) is 0 Å². The highest BCUT2D eigenvalue weighted by atomic mass is 16.2. The summed E-state index contributed by atoms with van der Waals surface area (Å²) in [7, 11) is 0. The molecule has 3 saturated heterocycles. The first-order chi connectivity index (χ1) is 8.81. The average Bonchev–Trinajstić information content (AvgIpc) is 2.98. The summed E-state index contributed by atoms with van der Waals surface area (Å²) in [6, 6.07) is 1.64. The standard InChI is InChI=1S/C14H25N3O/c1-2-16(11-5-3-7-15-10-11)13-9-14(18)17-8-4-6-12(13)17/h11-13,15H,2-10H2,1H3. The van der Waals surface area contributed by atoms with Gasteiger partial charge in [-0.15, -0.1) is 0 Å². The van der Waals surface area contributed by atoms with Crippen molar-refractivity contribution in [1.82, 2.24) is 15.1 Å². The van der Waals surface area contributed by atoms with Crippen LogP contribution in [0.15, 0.2) is 0 Å². The smallest absolute Gasteiger partial charge is 0.224 e. The molecule has 3 atom stereocenters. The van der Waals surface area contributed by atoms with E-state index in [0.29, 0.717) is 24.0 Å². The van der Waals surface area contributed by atoms with E-state index in [2.05, 4.69) is 22.0 Å². The summed E-state index contributed by atoms with van der Waals surface area (Å²) in [4.78, 5) is 16.8. The summed E-state index contributed by atoms with van der Waals surface area (Å²) in [5.74, 6) is 0.393. The Morgan fingerprint density at radius 2 is 2.28 bits per heavy atom. The predicted molar refractivity (Wildman–Crippen MR) is 71.4 cm³/mol. The van der Waals surface area contributed by atoms with E-state index in [1.165, 1.54) is 25.7 Å². The molecule has 3 fully saturated rings. The summed E-state index contributed by atoms with van der Waals surface area (Å²) in [5.41, 5.74) is 0. The van der Waals surface area contributed by atoms with Gasteiger partial charge in [-0.05, 0) is 38.8 Å². The van der Waals surface area contributed by atoms with Gasteiger partial charge in [-0.2, -0.15) is 0 Å². The molecule has 1 amide bonds. The number of hydrogen-bond acceptors (Lipinski definition) is 3. The number of hydrogen-bond donors (Lipinski definition) is 1. The van der Waals surface area contributed by atoms with Crippen LogP contribution in [0, 0.1) is 0 Å². The molecule has 0 bridgehead atoms. The normalized spacial score (nSPS) is 36.4. The van der Waals surface area contributed by atoms with Gasteiger partial charge in [0.25, 0.3) is 0 Å². The molecule has 0 aliphatic carbocycles. The minimum Gasteiger partial charge on any atom is -0.338 e. The Kier molecular flexibility index (Phi) is 3.57. The van der Waals surface area contributed by atoms with Crippen molar-refractivity contribution in [2.24, 2.45) is 0 Å². The van der Waals surface area contributed by atoms with Gasteiger partial charge < -0.3 is 10.2 Å². The molecule has 0 radical (unpaired) electrons. The number of nitrogens with one attached hydrogen (secondary N) is 1. The highest BCUT2D eigenvalue weighted by Gasteiger charge is 2.45. The lowest BCUT2D eigenvalue weighted by Crippen LogP contribution is -2.53. The number of rotatable bonds is 3. The molecule has 102 valence electrons. The van der Waals surface area contributed by atoms with Crippen molar-refractivity contribution in [3.63, 3.8) is 0 Å². The first-order valence-corrected chi connectivity index (χ1v) is 7.57. The Bertz CT molecular complexity index is 314. The third-order valence-corrected chi connectivity index (χ3v) is 4.98. The predicted octanol–water partition coefficient (Wildman–Crippen LogP) is 0.824. The van der Waals surface area contributed by atoms with Gasteiger partial charge in [0.1, 0.15) is 0 Å². The second kappa shape index (κ2) is 5.17. The molecule has 0 aromatic heterocycles. The number of piperidine rings is 1. The average molecular weight is 251 g/mol. The van der Waals surface area contributed by atoms with Gasteiger partial charge in [0.2, 0.25) is 5.91 Å². The molecule has 0 aromatic carbocycles. The fraction of sp³-hybridized carbons (Fsp3) is 0.929. The van der Waals surface area contributed by atoms with E-state index in [9.17, 15) is 4.79 Å². The van der Waals surface area contributed by atoms with Crippen LogP contribution in [0.4, 0.5) is 0 Å². The second-order valence-corrected chi connectivity index (χ2v) is 5.90. The second-order valence-electron chi connectivity index (χ2n) is 5.90. The molecule has 4 heteroatoms. The molecule has 3 unspecified atom stereocenters. The Morgan fingerprint density at radius 3 is 3.00 bits per heavy atom. The SMILES string of the molecule is CCN(C1CCCNC1)C1CC(=O)N2CCCC12. The van der Waals surface area contributed by atoms with Crippen LogP contribution in [0.25, 0.3) is 0 Å². The third-order valence-electron chi connectivity index (χ3n) is 4.98. The molecule has 3 aliphatic rings. The molecule has 4 nitrogen and oxygen atoms in total. The molecule has 3 heterocycles. The summed E-state index contributed by atoms with van der Waals surface area (Å²) in [5, 5.41) is 3.50. The zero-order chi connectivity index (χ0) is 12.5. The van der Waals surface area contributed by atoms with Crippen molar-refractivity contribution >= 4 is 5.91 Å². The first kappa shape index (κ1) is 12.4. The fourth-order valence-corrected chi connectivity index (χ4v) is 4.15. The molecule has 0 aromatic rings. The van der Waals surface area contributed by atoms with Gasteiger partial charge in [0, 0.05) is 37.6 Å². The summed E-state index contributed by atoms with van der Waals surface area (Å²) in [6.07, 6.45) is 5.74. The maximum absolute atomic E-state index is 12.1. The highest BCUT2D eigenvalue weighted by molar-refractivity contribution is 5.80. The first-order valence-electron chi connectivity index (χ1n) is 7.57. The van der Waals surface area contributed by atoms with Crippen LogP contribution in [-0.4, -0.2) is 60.0 Å². The maximum Gasteiger partial charge on any atom is 0.224 e. The number of fused-ring (bicyclic) bond motifs is 1. The molecule has 3 aliphatic heterocycles. The van der Waals surface area contributed by atoms with Gasteiger partial charge in [-0.3, -0.25) is 9.69 Å². The van der Waals surface area contributed by atoms with Crippen LogP contribution >= 0.6 is 0 Å². The molecule has 0 spiro atoms. The minimum atomic E-state index is 0.393. The van der Waals surface area contributed by atoms with Crippen LogP contribution in [0.5, 0.6) is 0 Å². The molecule has 18 heavy (non-hydrogen) atoms. The Labute approximate surface area is 110 Å². The van der Waals surface area contributed by atoms with Crippen LogP contribution < -0.4 is 5.32 Å². The number of amides is 1. The lowest BCUT2D eigenvalue weighted by Gasteiger charge is -2.39. The lowest BCUT2D eigenvalue weighted by atomic mass is 9.98. The number of likely N-dealkylation sites (N-methyl/N-ethyl adjacent to an activating group) is 1. The lowest BCUT2D eigenvalue weighted by molar-refractivity contribution is -0.127. The minimum absolute atomic E-state index is 0.393. The topological polar surface area (TPSA) is 35.6 Å². The number of carbonyl (C=O) groups excluding carboxylic acids is 1. The van der Waals surface area contributed by atoms with E-state index in [-0.39, 0.29) is 0 Å². The van der Waals surface area contributed by atoms with E-state index < -0.39 is 0 Å². The molecule has 3 rings (SSSR count). The van der Waals surface area contributed by atoms with Crippen molar-refractivity contribution in [3.05, 3.63) is 0 Å². The number of carbonyl (C=O) groups is 1. The van der Waals surface area contributed by atoms with Crippen molar-refractivity contribution in [1.29, 1.82) is 0 Å². The van der Waals surface area contributed by atoms with E-state index in [0.717, 1.165) is 32.6 Å². The van der Waals surface area contributed by atoms with Crippen molar-refractivity contribution < 1.29 is 4.79 Å². The van der Waals surface area contributed by atoms with Crippen LogP contribution in [-0.2, 0) is 4.79 Å². The monoisotopic (exact) mass is 251 g/mol. The van der Waals surface area contributed by atoms with Crippen molar-refractivity contribution in [2.75, 3.05) is 26.2 Å². The van der Waals surface area contributed by atoms with E-state index in [4.69, 9.17) is 0 Å². The third kappa shape index (κ3) is 2.05. The fourth-order valence-electron chi connectivity index (χ4n) is 4.15. The van der Waals surface area contributed by atoms with Crippen molar-refractivity contribution in [2.45, 2.75) is 57.2 Å². The van der Waals surface area contributed by atoms with Crippen molar-refractivity contribution in [3.8, 4) is 0 Å². The zero-order valence-electron chi connectivity index (χ0n) is 11.4. The van der Waals surface area contributed by atoms with Gasteiger partial charge in [-0.25, -0.2) is 0 Å². The molecular weight excluding hydrogens is 226 g/mol. The van der Waals surface area contributed by atoms with Gasteiger partial charge in [0.15, 0.2) is 0 Å².